The van der Waals surface area contributed by atoms with Gasteiger partial charge in [-0.2, -0.15) is 0 Å². The first-order valence-corrected chi connectivity index (χ1v) is 6.27. The van der Waals surface area contributed by atoms with Crippen LogP contribution in [0.4, 0.5) is 0 Å². The Bertz CT molecular complexity index is 378. The van der Waals surface area contributed by atoms with Crippen LogP contribution in [-0.4, -0.2) is 19.6 Å². The molecule has 5 nitrogen and oxygen atoms in total. The van der Waals surface area contributed by atoms with Gasteiger partial charge in [-0.3, -0.25) is 9.52 Å². The molecule has 0 spiro atoms. The summed E-state index contributed by atoms with van der Waals surface area (Å²) in [6.45, 7) is 3.57. The van der Waals surface area contributed by atoms with E-state index in [0.29, 0.717) is 12.8 Å². The van der Waals surface area contributed by atoms with Crippen molar-refractivity contribution < 1.29 is 25.6 Å². The molecule has 2 saturated carbocycles. The van der Waals surface area contributed by atoms with Crippen LogP contribution < -0.4 is 23.3 Å². The van der Waals surface area contributed by atoms with Crippen molar-refractivity contribution in [2.24, 2.45) is 11.8 Å². The van der Waals surface area contributed by atoms with Crippen molar-refractivity contribution in [2.75, 3.05) is 0 Å². The van der Waals surface area contributed by atoms with Crippen LogP contribution in [-0.2, 0) is 14.8 Å². The van der Waals surface area contributed by atoms with E-state index in [1.54, 1.807) is 6.08 Å². The van der Waals surface area contributed by atoms with Gasteiger partial charge in [-0.05, 0) is 25.2 Å². The third-order valence-electron chi connectivity index (χ3n) is 2.69. The largest absolute Gasteiger partial charge is 1.00 e. The Hall–Kier alpha value is -0.590. The van der Waals surface area contributed by atoms with Gasteiger partial charge < -0.3 is 18.6 Å². The Balaban J connectivity index is 0.00000112. The number of hydrogen-bond donors (Lipinski definition) is 2. The molecule has 2 aliphatic carbocycles. The molecule has 2 aliphatic rings. The number of carbonyl (C=O) groups excluding carboxylic acids is 1. The summed E-state index contributed by atoms with van der Waals surface area (Å²) in [4.78, 5) is 11.4. The zero-order chi connectivity index (χ0) is 10.3. The second-order valence-corrected chi connectivity index (χ2v) is 5.91. The summed E-state index contributed by atoms with van der Waals surface area (Å²) in [6.07, 6.45) is 3.79. The lowest BCUT2D eigenvalue weighted by Gasteiger charge is -2.03. The average molecular weight is 269 g/mol. The SMILES string of the molecule is C=C[C@@H]1C[C@H]1C(=O)NS(=O)(=O)C1CC1.[Cl-].[NH4+]. The van der Waals surface area contributed by atoms with Gasteiger partial charge in [-0.15, -0.1) is 6.58 Å². The minimum Gasteiger partial charge on any atom is -1.00 e. The van der Waals surface area contributed by atoms with Gasteiger partial charge in [-0.25, -0.2) is 8.42 Å². The molecule has 2 rings (SSSR count). The number of halogens is 1. The topological polar surface area (TPSA) is 99.7 Å². The molecule has 94 valence electrons. The van der Waals surface area contributed by atoms with E-state index < -0.39 is 10.0 Å². The molecule has 0 aromatic heterocycles. The predicted molar refractivity (Wildman–Crippen MR) is 57.9 cm³/mol. The number of sulfonamides is 1. The van der Waals surface area contributed by atoms with Crippen molar-refractivity contribution in [3.05, 3.63) is 12.7 Å². The first-order valence-electron chi connectivity index (χ1n) is 4.72. The van der Waals surface area contributed by atoms with Crippen LogP contribution in [0.25, 0.3) is 0 Å². The zero-order valence-electron chi connectivity index (χ0n) is 9.15. The van der Waals surface area contributed by atoms with E-state index in [9.17, 15) is 13.2 Å². The van der Waals surface area contributed by atoms with Gasteiger partial charge in [0.1, 0.15) is 0 Å². The van der Waals surface area contributed by atoms with E-state index >= 15 is 0 Å². The molecular weight excluding hydrogens is 252 g/mol. The zero-order valence-corrected chi connectivity index (χ0v) is 10.7. The van der Waals surface area contributed by atoms with Crippen molar-refractivity contribution in [3.63, 3.8) is 0 Å². The summed E-state index contributed by atoms with van der Waals surface area (Å²) in [5.74, 6) is -0.354. The average Bonchev–Trinajstić information content (AvgIpc) is 2.98. The summed E-state index contributed by atoms with van der Waals surface area (Å²) in [5.41, 5.74) is 0. The summed E-state index contributed by atoms with van der Waals surface area (Å²) in [6, 6.07) is 0. The van der Waals surface area contributed by atoms with Crippen molar-refractivity contribution in [1.29, 1.82) is 0 Å². The number of hydrogen-bond acceptors (Lipinski definition) is 3. The third-order valence-corrected chi connectivity index (χ3v) is 4.52. The lowest BCUT2D eigenvalue weighted by Crippen LogP contribution is -3.00. The van der Waals surface area contributed by atoms with Crippen molar-refractivity contribution in [1.82, 2.24) is 10.9 Å². The molecule has 0 bridgehead atoms. The highest BCUT2D eigenvalue weighted by Crippen LogP contribution is 2.39. The molecule has 0 aromatic carbocycles. The van der Waals surface area contributed by atoms with E-state index in [1.165, 1.54) is 0 Å². The Morgan fingerprint density at radius 3 is 2.31 bits per heavy atom. The predicted octanol–water partition coefficient (Wildman–Crippen LogP) is -2.20. The van der Waals surface area contributed by atoms with Gasteiger partial charge in [0.05, 0.1) is 5.25 Å². The van der Waals surface area contributed by atoms with Crippen LogP contribution >= 0.6 is 0 Å². The number of rotatable bonds is 4. The van der Waals surface area contributed by atoms with Gasteiger partial charge in [0.15, 0.2) is 0 Å². The molecule has 0 heterocycles. The Labute approximate surface area is 102 Å². The Kier molecular flexibility index (Phi) is 4.97. The van der Waals surface area contributed by atoms with Crippen molar-refractivity contribution in [3.8, 4) is 0 Å². The monoisotopic (exact) mass is 268 g/mol. The molecule has 16 heavy (non-hydrogen) atoms. The van der Waals surface area contributed by atoms with Gasteiger partial charge in [0.2, 0.25) is 15.9 Å². The molecule has 0 unspecified atom stereocenters. The van der Waals surface area contributed by atoms with E-state index in [2.05, 4.69) is 11.3 Å². The lowest BCUT2D eigenvalue weighted by atomic mass is 10.3. The number of allylic oxidation sites excluding steroid dienone is 1. The Morgan fingerprint density at radius 2 is 1.94 bits per heavy atom. The maximum absolute atomic E-state index is 11.4. The summed E-state index contributed by atoms with van der Waals surface area (Å²) >= 11 is 0. The molecule has 2 atom stereocenters. The second kappa shape index (κ2) is 5.16. The minimum absolute atomic E-state index is 0. The summed E-state index contributed by atoms with van der Waals surface area (Å²) in [7, 11) is -3.36. The van der Waals surface area contributed by atoms with Crippen LogP contribution in [0.3, 0.4) is 0 Å². The fraction of sp³-hybridized carbons (Fsp3) is 0.667. The summed E-state index contributed by atoms with van der Waals surface area (Å²) in [5, 5.41) is -0.326. The number of quaternary nitrogens is 1. The first-order chi connectivity index (χ1) is 6.54. The van der Waals surface area contributed by atoms with Crippen LogP contribution in [0, 0.1) is 11.8 Å². The highest BCUT2D eigenvalue weighted by Gasteiger charge is 2.44. The minimum atomic E-state index is -3.36. The number of amides is 1. The number of nitrogens with one attached hydrogen (secondary N) is 1. The maximum Gasteiger partial charge on any atom is 0.237 e. The van der Waals surface area contributed by atoms with Crippen LogP contribution in [0.2, 0.25) is 0 Å². The van der Waals surface area contributed by atoms with Gasteiger partial charge in [-0.1, -0.05) is 6.08 Å². The fourth-order valence-electron chi connectivity index (χ4n) is 1.45. The fourth-order valence-corrected chi connectivity index (χ4v) is 2.81. The van der Waals surface area contributed by atoms with Crippen LogP contribution in [0.5, 0.6) is 0 Å². The molecule has 0 aliphatic heterocycles. The first kappa shape index (κ1) is 15.4. The van der Waals surface area contributed by atoms with Crippen LogP contribution in [0.1, 0.15) is 19.3 Å². The van der Waals surface area contributed by atoms with E-state index in [4.69, 9.17) is 0 Å². The van der Waals surface area contributed by atoms with E-state index in [-0.39, 0.29) is 41.6 Å². The second-order valence-electron chi connectivity index (χ2n) is 3.95. The molecule has 0 aromatic rings. The third kappa shape index (κ3) is 3.20. The normalized spacial score (nSPS) is 27.0. The van der Waals surface area contributed by atoms with Crippen molar-refractivity contribution in [2.45, 2.75) is 24.5 Å². The maximum atomic E-state index is 11.4. The molecule has 0 saturated heterocycles. The van der Waals surface area contributed by atoms with E-state index in [1.807, 2.05) is 0 Å². The molecule has 1 amide bonds. The molecular formula is C9H17ClN2O3S. The molecule has 5 N–H and O–H groups in total. The van der Waals surface area contributed by atoms with Gasteiger partial charge in [0.25, 0.3) is 0 Å². The van der Waals surface area contributed by atoms with Gasteiger partial charge in [0, 0.05) is 5.92 Å². The molecule has 2 fully saturated rings. The Morgan fingerprint density at radius 1 is 1.38 bits per heavy atom. The quantitative estimate of drug-likeness (QED) is 0.566. The standard InChI is InChI=1S/C9H13NO3S.ClH.H3N/c1-2-6-5-8(6)9(11)10-14(12,13)7-3-4-7;;/h2,6-8H,1,3-5H2,(H,10,11);1H;1H3/t6-,8-;;/m1../s1. The van der Waals surface area contributed by atoms with Gasteiger partial charge >= 0.3 is 0 Å². The molecule has 0 radical (unpaired) electrons. The highest BCUT2D eigenvalue weighted by atomic mass is 35.5. The van der Waals surface area contributed by atoms with Crippen molar-refractivity contribution >= 4 is 15.9 Å². The number of carbonyl (C=O) groups is 1. The highest BCUT2D eigenvalue weighted by molar-refractivity contribution is 7.90. The van der Waals surface area contributed by atoms with Crippen LogP contribution in [0.15, 0.2) is 12.7 Å². The summed E-state index contributed by atoms with van der Waals surface area (Å²) < 4.78 is 24.9. The smallest absolute Gasteiger partial charge is 0.237 e. The molecule has 7 heteroatoms. The lowest BCUT2D eigenvalue weighted by molar-refractivity contribution is -0.120. The van der Waals surface area contributed by atoms with E-state index in [0.717, 1.165) is 6.42 Å².